The van der Waals surface area contributed by atoms with Gasteiger partial charge in [0.2, 0.25) is 5.91 Å². The summed E-state index contributed by atoms with van der Waals surface area (Å²) in [4.78, 5) is 34.9. The van der Waals surface area contributed by atoms with Crippen molar-refractivity contribution in [1.82, 2.24) is 19.4 Å². The van der Waals surface area contributed by atoms with Gasteiger partial charge in [0.15, 0.2) is 6.73 Å². The summed E-state index contributed by atoms with van der Waals surface area (Å²) in [6.07, 6.45) is 13.9. The molecule has 180 valence electrons. The number of esters is 1. The predicted octanol–water partition coefficient (Wildman–Crippen LogP) is 4.66. The molecule has 0 spiro atoms. The summed E-state index contributed by atoms with van der Waals surface area (Å²) in [5.41, 5.74) is 0.711. The third-order valence-electron chi connectivity index (χ3n) is 6.34. The van der Waals surface area contributed by atoms with Gasteiger partial charge in [0.1, 0.15) is 17.8 Å². The number of likely N-dealkylation sites (tertiary alicyclic amines) is 1. The van der Waals surface area contributed by atoms with Gasteiger partial charge in [-0.05, 0) is 38.3 Å². The standard InChI is InChI=1S/C25H37N5O3/c1-4-6-7-8-9-10-11-23(32)33-18-29-15-14-21-24(26-17-27-25(21)29)28-20-13-12-19(3)30(16-20)22(31)5-2/h5,14-15,17,19-20H,2,4,6-13,16,18H2,1,3H3,(H,26,27,28)/t19-,20+/m0/s1. The molecule has 1 N–H and O–H groups in total. The Morgan fingerprint density at radius 3 is 2.79 bits per heavy atom. The van der Waals surface area contributed by atoms with E-state index in [0.29, 0.717) is 18.6 Å². The van der Waals surface area contributed by atoms with Crippen LogP contribution in [0.15, 0.2) is 31.2 Å². The third-order valence-corrected chi connectivity index (χ3v) is 6.34. The highest BCUT2D eigenvalue weighted by atomic mass is 16.5. The molecule has 3 heterocycles. The first-order chi connectivity index (χ1) is 16.0. The minimum atomic E-state index is -0.178. The Kier molecular flexibility index (Phi) is 9.27. The SMILES string of the molecule is C=CC(=O)N1C[C@H](Nc2ncnc3c2ccn3COC(=O)CCCCCCCC)CC[C@@H]1C. The van der Waals surface area contributed by atoms with Crippen LogP contribution in [0.5, 0.6) is 0 Å². The molecule has 0 aromatic carbocycles. The van der Waals surface area contributed by atoms with E-state index in [0.717, 1.165) is 36.9 Å². The van der Waals surface area contributed by atoms with E-state index in [1.54, 1.807) is 0 Å². The monoisotopic (exact) mass is 455 g/mol. The van der Waals surface area contributed by atoms with E-state index in [9.17, 15) is 9.59 Å². The van der Waals surface area contributed by atoms with Gasteiger partial charge in [-0.2, -0.15) is 0 Å². The molecule has 0 aliphatic carbocycles. The molecule has 0 bridgehead atoms. The van der Waals surface area contributed by atoms with Crippen LogP contribution >= 0.6 is 0 Å². The molecular formula is C25H37N5O3. The van der Waals surface area contributed by atoms with Crippen LogP contribution in [0.25, 0.3) is 11.0 Å². The summed E-state index contributed by atoms with van der Waals surface area (Å²) in [6, 6.07) is 2.23. The maximum Gasteiger partial charge on any atom is 0.307 e. The lowest BCUT2D eigenvalue weighted by Crippen LogP contribution is -2.49. The summed E-state index contributed by atoms with van der Waals surface area (Å²) in [5.74, 6) is 0.501. The van der Waals surface area contributed by atoms with Crippen LogP contribution in [-0.4, -0.2) is 49.9 Å². The Morgan fingerprint density at radius 1 is 1.21 bits per heavy atom. The Balaban J connectivity index is 1.54. The highest BCUT2D eigenvalue weighted by Gasteiger charge is 2.28. The number of hydrogen-bond acceptors (Lipinski definition) is 6. The van der Waals surface area contributed by atoms with Crippen LogP contribution in [0.4, 0.5) is 5.82 Å². The molecule has 3 rings (SSSR count). The van der Waals surface area contributed by atoms with E-state index in [1.807, 2.05) is 21.7 Å². The summed E-state index contributed by atoms with van der Waals surface area (Å²) in [5, 5.41) is 4.35. The highest BCUT2D eigenvalue weighted by Crippen LogP contribution is 2.25. The Morgan fingerprint density at radius 2 is 2.00 bits per heavy atom. The normalized spacial score (nSPS) is 18.3. The highest BCUT2D eigenvalue weighted by molar-refractivity contribution is 5.88. The topological polar surface area (TPSA) is 89.3 Å². The van der Waals surface area contributed by atoms with Crippen molar-refractivity contribution in [2.45, 2.75) is 90.4 Å². The fourth-order valence-electron chi connectivity index (χ4n) is 4.33. The predicted molar refractivity (Wildman–Crippen MR) is 130 cm³/mol. The van der Waals surface area contributed by atoms with Gasteiger partial charge < -0.3 is 15.0 Å². The molecule has 2 aromatic heterocycles. The molecule has 2 aromatic rings. The van der Waals surface area contributed by atoms with Crippen molar-refractivity contribution in [3.8, 4) is 0 Å². The van der Waals surface area contributed by atoms with E-state index in [4.69, 9.17) is 4.74 Å². The molecule has 1 amide bonds. The van der Waals surface area contributed by atoms with Crippen molar-refractivity contribution in [2.24, 2.45) is 0 Å². The van der Waals surface area contributed by atoms with Crippen molar-refractivity contribution < 1.29 is 14.3 Å². The summed E-state index contributed by atoms with van der Waals surface area (Å²) < 4.78 is 7.28. The first-order valence-electron chi connectivity index (χ1n) is 12.2. The lowest BCUT2D eigenvalue weighted by Gasteiger charge is -2.38. The molecule has 0 saturated carbocycles. The second-order valence-corrected chi connectivity index (χ2v) is 8.87. The molecule has 8 nitrogen and oxygen atoms in total. The molecule has 1 fully saturated rings. The van der Waals surface area contributed by atoms with E-state index >= 15 is 0 Å². The number of piperidine rings is 1. The van der Waals surface area contributed by atoms with Crippen LogP contribution < -0.4 is 5.32 Å². The zero-order valence-electron chi connectivity index (χ0n) is 20.0. The Hall–Kier alpha value is -2.90. The van der Waals surface area contributed by atoms with Crippen LogP contribution in [-0.2, 0) is 21.1 Å². The van der Waals surface area contributed by atoms with Crippen molar-refractivity contribution in [2.75, 3.05) is 11.9 Å². The number of fused-ring (bicyclic) bond motifs is 1. The van der Waals surface area contributed by atoms with Crippen LogP contribution in [0.3, 0.4) is 0 Å². The molecule has 8 heteroatoms. The van der Waals surface area contributed by atoms with Gasteiger partial charge in [0.25, 0.3) is 0 Å². The number of ether oxygens (including phenoxy) is 1. The lowest BCUT2D eigenvalue weighted by atomic mass is 9.99. The van der Waals surface area contributed by atoms with Gasteiger partial charge in [-0.1, -0.05) is 45.6 Å². The Bertz CT molecular complexity index is 941. The molecule has 1 aliphatic rings. The van der Waals surface area contributed by atoms with Crippen LogP contribution in [0, 0.1) is 0 Å². The molecule has 1 aliphatic heterocycles. The quantitative estimate of drug-likeness (QED) is 0.284. The van der Waals surface area contributed by atoms with E-state index in [2.05, 4.69) is 35.7 Å². The van der Waals surface area contributed by atoms with Crippen molar-refractivity contribution in [3.05, 3.63) is 31.2 Å². The van der Waals surface area contributed by atoms with Gasteiger partial charge in [-0.15, -0.1) is 0 Å². The Labute approximate surface area is 196 Å². The number of rotatable bonds is 12. The molecule has 33 heavy (non-hydrogen) atoms. The second kappa shape index (κ2) is 12.4. The summed E-state index contributed by atoms with van der Waals surface area (Å²) in [7, 11) is 0. The molecule has 0 unspecified atom stereocenters. The number of carbonyl (C=O) groups is 2. The minimum Gasteiger partial charge on any atom is -0.444 e. The van der Waals surface area contributed by atoms with Crippen molar-refractivity contribution in [1.29, 1.82) is 0 Å². The molecule has 0 radical (unpaired) electrons. The van der Waals surface area contributed by atoms with Gasteiger partial charge in [-0.3, -0.25) is 14.2 Å². The van der Waals surface area contributed by atoms with Gasteiger partial charge in [-0.25, -0.2) is 9.97 Å². The minimum absolute atomic E-state index is 0.0456. The maximum absolute atomic E-state index is 12.2. The summed E-state index contributed by atoms with van der Waals surface area (Å²) >= 11 is 0. The van der Waals surface area contributed by atoms with E-state index < -0.39 is 0 Å². The number of unbranched alkanes of at least 4 members (excludes halogenated alkanes) is 5. The number of carbonyl (C=O) groups excluding carboxylic acids is 2. The van der Waals surface area contributed by atoms with Gasteiger partial charge >= 0.3 is 5.97 Å². The van der Waals surface area contributed by atoms with E-state index in [1.165, 1.54) is 38.1 Å². The zero-order valence-corrected chi connectivity index (χ0v) is 20.0. The average Bonchev–Trinajstić information content (AvgIpc) is 3.24. The lowest BCUT2D eigenvalue weighted by molar-refractivity contribution is -0.147. The van der Waals surface area contributed by atoms with Crippen LogP contribution in [0.2, 0.25) is 0 Å². The summed E-state index contributed by atoms with van der Waals surface area (Å²) in [6.45, 7) is 8.62. The largest absolute Gasteiger partial charge is 0.444 e. The number of nitrogens with zero attached hydrogens (tertiary/aromatic N) is 4. The fraction of sp³-hybridized carbons (Fsp3) is 0.600. The maximum atomic E-state index is 12.2. The van der Waals surface area contributed by atoms with E-state index in [-0.39, 0.29) is 30.7 Å². The van der Waals surface area contributed by atoms with Gasteiger partial charge in [0.05, 0.1) is 5.39 Å². The first-order valence-corrected chi connectivity index (χ1v) is 12.2. The smallest absolute Gasteiger partial charge is 0.307 e. The van der Waals surface area contributed by atoms with Gasteiger partial charge in [0, 0.05) is 31.2 Å². The number of nitrogens with one attached hydrogen (secondary N) is 1. The molecule has 2 atom stereocenters. The average molecular weight is 456 g/mol. The number of hydrogen-bond donors (Lipinski definition) is 1. The molecule has 1 saturated heterocycles. The number of aromatic nitrogens is 3. The van der Waals surface area contributed by atoms with Crippen molar-refractivity contribution >= 4 is 28.7 Å². The first kappa shape index (κ1) is 24.7. The van der Waals surface area contributed by atoms with Crippen LogP contribution in [0.1, 0.15) is 71.6 Å². The fourth-order valence-corrected chi connectivity index (χ4v) is 4.33. The number of anilines is 1. The zero-order chi connectivity index (χ0) is 23.6. The molecular weight excluding hydrogens is 418 g/mol. The number of amides is 1. The third kappa shape index (κ3) is 6.79. The second-order valence-electron chi connectivity index (χ2n) is 8.87. The van der Waals surface area contributed by atoms with Crippen molar-refractivity contribution in [3.63, 3.8) is 0 Å².